The van der Waals surface area contributed by atoms with E-state index in [9.17, 15) is 14.4 Å². The van der Waals surface area contributed by atoms with E-state index in [1.54, 1.807) is 19.9 Å². The highest BCUT2D eigenvalue weighted by molar-refractivity contribution is 6.31. The van der Waals surface area contributed by atoms with Crippen LogP contribution in [0.1, 0.15) is 66.0 Å². The molecule has 1 aliphatic heterocycles. The van der Waals surface area contributed by atoms with E-state index in [-0.39, 0.29) is 12.5 Å². The van der Waals surface area contributed by atoms with Crippen LogP contribution < -0.4 is 5.32 Å². The van der Waals surface area contributed by atoms with E-state index in [1.807, 2.05) is 104 Å². The monoisotopic (exact) mass is 712 g/mol. The van der Waals surface area contributed by atoms with Crippen molar-refractivity contribution in [2.24, 2.45) is 0 Å². The number of carbonyl (C=O) groups excluding carboxylic acids is 3. The maximum atomic E-state index is 14.4. The summed E-state index contributed by atoms with van der Waals surface area (Å²) in [5.41, 5.74) is 4.60. The van der Waals surface area contributed by atoms with Crippen molar-refractivity contribution in [3.63, 3.8) is 0 Å². The van der Waals surface area contributed by atoms with E-state index < -0.39 is 35.2 Å². The Morgan fingerprint density at radius 2 is 1.35 bits per heavy atom. The summed E-state index contributed by atoms with van der Waals surface area (Å²) in [6.45, 7) is 5.73. The lowest BCUT2D eigenvalue weighted by Crippen LogP contribution is -2.57. The Labute approximate surface area is 309 Å². The van der Waals surface area contributed by atoms with Crippen LogP contribution in [0.4, 0.5) is 4.79 Å². The first-order valence-corrected chi connectivity index (χ1v) is 18.0. The number of fused-ring (bicyclic) bond motifs is 3. The summed E-state index contributed by atoms with van der Waals surface area (Å²) in [7, 11) is 0. The van der Waals surface area contributed by atoms with Crippen molar-refractivity contribution in [3.8, 4) is 11.1 Å². The summed E-state index contributed by atoms with van der Waals surface area (Å²) in [5.74, 6) is -1.22. The van der Waals surface area contributed by atoms with Gasteiger partial charge in [-0.25, -0.2) is 9.59 Å². The summed E-state index contributed by atoms with van der Waals surface area (Å²) in [5, 5.41) is 3.33. The second-order valence-corrected chi connectivity index (χ2v) is 14.5. The van der Waals surface area contributed by atoms with Gasteiger partial charge in [0.2, 0.25) is 5.91 Å². The number of benzene rings is 5. The van der Waals surface area contributed by atoms with Crippen molar-refractivity contribution in [2.45, 2.75) is 56.7 Å². The lowest BCUT2D eigenvalue weighted by atomic mass is 9.79. The number of nitrogens with zero attached hydrogens (tertiary/aromatic N) is 1. The number of rotatable bonds is 9. The Bertz CT molecular complexity index is 2070. The molecule has 2 amide bonds. The summed E-state index contributed by atoms with van der Waals surface area (Å²) in [6.07, 6.45) is 0.517. The molecule has 1 heterocycles. The van der Waals surface area contributed by atoms with Gasteiger partial charge in [-0.1, -0.05) is 138 Å². The Morgan fingerprint density at radius 3 is 2.00 bits per heavy atom. The zero-order valence-electron chi connectivity index (χ0n) is 29.5. The predicted octanol–water partition coefficient (Wildman–Crippen LogP) is 8.79. The van der Waals surface area contributed by atoms with Crippen LogP contribution in [0.25, 0.3) is 11.1 Å². The van der Waals surface area contributed by atoms with E-state index in [1.165, 1.54) is 4.90 Å². The van der Waals surface area contributed by atoms with Crippen LogP contribution in [0.5, 0.6) is 0 Å². The Kier molecular flexibility index (Phi) is 9.64. The number of aryl methyl sites for hydroxylation is 1. The van der Waals surface area contributed by atoms with Crippen LogP contribution in [-0.4, -0.2) is 47.6 Å². The van der Waals surface area contributed by atoms with Crippen molar-refractivity contribution < 1.29 is 23.9 Å². The molecule has 0 saturated carbocycles. The number of carbonyl (C=O) groups is 3. The third-order valence-corrected chi connectivity index (χ3v) is 10.5. The molecule has 8 heteroatoms. The van der Waals surface area contributed by atoms with Crippen molar-refractivity contribution in [1.82, 2.24) is 10.2 Å². The number of esters is 1. The van der Waals surface area contributed by atoms with Crippen LogP contribution in [0.15, 0.2) is 127 Å². The molecule has 5 aromatic rings. The van der Waals surface area contributed by atoms with Crippen molar-refractivity contribution in [2.75, 3.05) is 13.2 Å². The van der Waals surface area contributed by atoms with E-state index in [2.05, 4.69) is 29.6 Å². The quantitative estimate of drug-likeness (QED) is 0.122. The fourth-order valence-electron chi connectivity index (χ4n) is 7.50. The van der Waals surface area contributed by atoms with E-state index in [4.69, 9.17) is 21.1 Å². The Hall–Kier alpha value is -5.40. The summed E-state index contributed by atoms with van der Waals surface area (Å²) in [4.78, 5) is 43.4. The van der Waals surface area contributed by atoms with Gasteiger partial charge in [-0.2, -0.15) is 0 Å². The van der Waals surface area contributed by atoms with E-state index in [0.29, 0.717) is 41.1 Å². The second-order valence-electron chi connectivity index (χ2n) is 14.1. The molecule has 1 fully saturated rings. The average Bonchev–Trinajstić information content (AvgIpc) is 3.78. The number of nitrogens with one attached hydrogen (secondary N) is 1. The van der Waals surface area contributed by atoms with Gasteiger partial charge in [0.25, 0.3) is 0 Å². The fourth-order valence-corrected chi connectivity index (χ4v) is 7.77. The molecule has 1 unspecified atom stereocenters. The molecule has 1 aliphatic carbocycles. The van der Waals surface area contributed by atoms with Gasteiger partial charge in [0.15, 0.2) is 5.60 Å². The average molecular weight is 713 g/mol. The lowest BCUT2D eigenvalue weighted by molar-refractivity contribution is -0.162. The molecular weight excluding hydrogens is 672 g/mol. The van der Waals surface area contributed by atoms with Crippen LogP contribution >= 0.6 is 11.6 Å². The molecule has 264 valence electrons. The molecule has 2 atom stereocenters. The molecule has 52 heavy (non-hydrogen) atoms. The van der Waals surface area contributed by atoms with Gasteiger partial charge in [0, 0.05) is 34.2 Å². The van der Waals surface area contributed by atoms with Crippen LogP contribution in [-0.2, 0) is 24.7 Å². The van der Waals surface area contributed by atoms with Crippen LogP contribution in [0, 0.1) is 6.92 Å². The first-order chi connectivity index (χ1) is 25.1. The number of hydrogen-bond donors (Lipinski definition) is 1. The third-order valence-electron chi connectivity index (χ3n) is 10.2. The topological polar surface area (TPSA) is 84.9 Å². The minimum atomic E-state index is -1.49. The van der Waals surface area contributed by atoms with E-state index >= 15 is 0 Å². The van der Waals surface area contributed by atoms with Gasteiger partial charge in [0.1, 0.15) is 18.2 Å². The second kappa shape index (κ2) is 14.3. The zero-order valence-corrected chi connectivity index (χ0v) is 30.2. The maximum Gasteiger partial charge on any atom is 0.410 e. The molecule has 0 bridgehead atoms. The van der Waals surface area contributed by atoms with Gasteiger partial charge in [-0.05, 0) is 61.9 Å². The first-order valence-electron chi connectivity index (χ1n) is 17.6. The molecule has 7 nitrogen and oxygen atoms in total. The van der Waals surface area contributed by atoms with Crippen LogP contribution in [0.2, 0.25) is 5.02 Å². The summed E-state index contributed by atoms with van der Waals surface area (Å²) < 4.78 is 12.5. The van der Waals surface area contributed by atoms with Gasteiger partial charge in [0.05, 0.1) is 0 Å². The highest BCUT2D eigenvalue weighted by Gasteiger charge is 2.47. The largest absolute Gasteiger partial charge is 0.448 e. The standard InChI is InChI=1S/C44H41ClN2O5/c1-29-23-25-31(26-24-29)44(30-14-5-4-6-15-30,37-20-11-12-21-38(37)45)52-41(49)43(2,3)46-40(48)39-22-13-27-47(39)42(50)51-28-36-34-18-9-7-16-32(34)33-17-8-10-19-35(33)36/h4-12,14-21,23-26,36,39H,13,22,27-28H2,1-3H3,(H,46,48)/t39-,44?/m0/s1. The third kappa shape index (κ3) is 6.46. The summed E-state index contributed by atoms with van der Waals surface area (Å²) >= 11 is 6.86. The molecule has 1 saturated heterocycles. The smallest absolute Gasteiger partial charge is 0.410 e. The van der Waals surface area contributed by atoms with Gasteiger partial charge in [-0.15, -0.1) is 0 Å². The molecule has 0 radical (unpaired) electrons. The minimum absolute atomic E-state index is 0.100. The molecule has 5 aromatic carbocycles. The highest BCUT2D eigenvalue weighted by atomic mass is 35.5. The molecular formula is C44H41ClN2O5. The number of amides is 2. The zero-order chi connectivity index (χ0) is 36.5. The van der Waals surface area contributed by atoms with Gasteiger partial charge >= 0.3 is 12.1 Å². The molecule has 1 N–H and O–H groups in total. The SMILES string of the molecule is Cc1ccc(C(OC(=O)C(C)(C)NC(=O)[C@@H]2CCCN2C(=O)OCC2c3ccccc3-c3ccccc32)(c2ccccc2)c2ccccc2Cl)cc1. The number of halogens is 1. The fraction of sp³-hybridized carbons (Fsp3) is 0.250. The molecule has 0 spiro atoms. The molecule has 7 rings (SSSR count). The lowest BCUT2D eigenvalue weighted by Gasteiger charge is -2.39. The van der Waals surface area contributed by atoms with Crippen molar-refractivity contribution in [3.05, 3.63) is 166 Å². The molecule has 2 aliphatic rings. The first kappa shape index (κ1) is 35.0. The van der Waals surface area contributed by atoms with Gasteiger partial charge < -0.3 is 14.8 Å². The van der Waals surface area contributed by atoms with Gasteiger partial charge in [-0.3, -0.25) is 9.69 Å². The Balaban J connectivity index is 1.11. The highest BCUT2D eigenvalue weighted by Crippen LogP contribution is 2.46. The molecule has 0 aromatic heterocycles. The number of ether oxygens (including phenoxy) is 2. The van der Waals surface area contributed by atoms with Crippen molar-refractivity contribution in [1.29, 1.82) is 0 Å². The number of hydrogen-bond acceptors (Lipinski definition) is 5. The van der Waals surface area contributed by atoms with E-state index in [0.717, 1.165) is 27.8 Å². The number of likely N-dealkylation sites (tertiary alicyclic amines) is 1. The predicted molar refractivity (Wildman–Crippen MR) is 202 cm³/mol. The maximum absolute atomic E-state index is 14.4. The summed E-state index contributed by atoms with van der Waals surface area (Å²) in [6, 6.07) is 40.0. The van der Waals surface area contributed by atoms with Crippen molar-refractivity contribution >= 4 is 29.6 Å². The van der Waals surface area contributed by atoms with Crippen LogP contribution in [0.3, 0.4) is 0 Å². The Morgan fingerprint density at radius 1 is 0.769 bits per heavy atom. The normalized spacial score (nSPS) is 16.4. The minimum Gasteiger partial charge on any atom is -0.448 e.